The van der Waals surface area contributed by atoms with Gasteiger partial charge < -0.3 is 9.47 Å². The SMILES string of the molecule is CCOc1ccc(C(=O)[C@@H](C)OC(=O)c2cccc(C#N)c2)cc1. The second kappa shape index (κ2) is 7.93. The quantitative estimate of drug-likeness (QED) is 0.601. The fourth-order valence-electron chi connectivity index (χ4n) is 2.11. The Labute approximate surface area is 140 Å². The van der Waals surface area contributed by atoms with E-state index in [0.29, 0.717) is 23.5 Å². The molecule has 2 aromatic carbocycles. The molecule has 0 amide bonds. The molecule has 0 aromatic heterocycles. The summed E-state index contributed by atoms with van der Waals surface area (Å²) in [6, 6.07) is 14.8. The highest BCUT2D eigenvalue weighted by Crippen LogP contribution is 2.15. The first-order valence-corrected chi connectivity index (χ1v) is 7.53. The van der Waals surface area contributed by atoms with Crippen molar-refractivity contribution in [1.82, 2.24) is 0 Å². The van der Waals surface area contributed by atoms with E-state index in [9.17, 15) is 9.59 Å². The van der Waals surface area contributed by atoms with Crippen LogP contribution in [0.1, 0.15) is 40.1 Å². The number of esters is 1. The van der Waals surface area contributed by atoms with E-state index in [1.54, 1.807) is 36.4 Å². The number of carbonyl (C=O) groups is 2. The first kappa shape index (κ1) is 17.2. The number of nitriles is 1. The molecular weight excluding hydrogens is 306 g/mol. The number of ether oxygens (including phenoxy) is 2. The maximum absolute atomic E-state index is 12.3. The zero-order valence-electron chi connectivity index (χ0n) is 13.5. The van der Waals surface area contributed by atoms with Gasteiger partial charge in [0.25, 0.3) is 0 Å². The van der Waals surface area contributed by atoms with Gasteiger partial charge in [-0.1, -0.05) is 6.07 Å². The van der Waals surface area contributed by atoms with Gasteiger partial charge in [-0.3, -0.25) is 4.79 Å². The fourth-order valence-corrected chi connectivity index (χ4v) is 2.11. The fraction of sp³-hybridized carbons (Fsp3) is 0.211. The molecule has 0 saturated carbocycles. The van der Waals surface area contributed by atoms with Crippen LogP contribution < -0.4 is 4.74 Å². The number of rotatable bonds is 6. The first-order chi connectivity index (χ1) is 11.5. The Kier molecular flexibility index (Phi) is 5.69. The van der Waals surface area contributed by atoms with Crippen LogP contribution in [0.5, 0.6) is 5.75 Å². The van der Waals surface area contributed by atoms with Crippen molar-refractivity contribution in [3.8, 4) is 11.8 Å². The number of hydrogen-bond donors (Lipinski definition) is 0. The van der Waals surface area contributed by atoms with Crippen molar-refractivity contribution in [3.63, 3.8) is 0 Å². The molecule has 0 unspecified atom stereocenters. The third-order valence-corrected chi connectivity index (χ3v) is 3.33. The summed E-state index contributed by atoms with van der Waals surface area (Å²) < 4.78 is 10.5. The van der Waals surface area contributed by atoms with E-state index in [1.807, 2.05) is 13.0 Å². The molecule has 0 radical (unpaired) electrons. The third-order valence-electron chi connectivity index (χ3n) is 3.33. The molecule has 0 N–H and O–H groups in total. The van der Waals surface area contributed by atoms with Crippen LogP contribution in [-0.2, 0) is 4.74 Å². The van der Waals surface area contributed by atoms with Crippen LogP contribution in [0, 0.1) is 11.3 Å². The molecule has 0 bridgehead atoms. The highest BCUT2D eigenvalue weighted by Gasteiger charge is 2.20. The van der Waals surface area contributed by atoms with Gasteiger partial charge in [-0.2, -0.15) is 5.26 Å². The van der Waals surface area contributed by atoms with Gasteiger partial charge in [0.05, 0.1) is 23.8 Å². The average molecular weight is 323 g/mol. The average Bonchev–Trinajstić information content (AvgIpc) is 2.62. The molecule has 0 spiro atoms. The maximum atomic E-state index is 12.3. The van der Waals surface area contributed by atoms with Crippen molar-refractivity contribution in [3.05, 3.63) is 65.2 Å². The van der Waals surface area contributed by atoms with Gasteiger partial charge in [0.15, 0.2) is 6.10 Å². The molecule has 122 valence electrons. The van der Waals surface area contributed by atoms with E-state index in [2.05, 4.69) is 0 Å². The molecule has 5 nitrogen and oxygen atoms in total. The van der Waals surface area contributed by atoms with E-state index in [0.717, 1.165) is 0 Å². The molecule has 0 aliphatic heterocycles. The van der Waals surface area contributed by atoms with Gasteiger partial charge in [-0.25, -0.2) is 4.79 Å². The van der Waals surface area contributed by atoms with Crippen molar-refractivity contribution in [2.75, 3.05) is 6.61 Å². The van der Waals surface area contributed by atoms with Gasteiger partial charge in [0.2, 0.25) is 5.78 Å². The summed E-state index contributed by atoms with van der Waals surface area (Å²) in [5, 5.41) is 8.86. The zero-order chi connectivity index (χ0) is 17.5. The summed E-state index contributed by atoms with van der Waals surface area (Å²) >= 11 is 0. The Bertz CT molecular complexity index is 775. The summed E-state index contributed by atoms with van der Waals surface area (Å²) in [4.78, 5) is 24.4. The number of nitrogens with zero attached hydrogens (tertiary/aromatic N) is 1. The lowest BCUT2D eigenvalue weighted by molar-refractivity contribution is 0.0318. The summed E-state index contributed by atoms with van der Waals surface area (Å²) in [5.74, 6) is -0.270. The lowest BCUT2D eigenvalue weighted by Crippen LogP contribution is -2.24. The van der Waals surface area contributed by atoms with Crippen LogP contribution in [-0.4, -0.2) is 24.5 Å². The summed E-state index contributed by atoms with van der Waals surface area (Å²) in [7, 11) is 0. The molecule has 0 heterocycles. The van der Waals surface area contributed by atoms with Crippen LogP contribution in [0.2, 0.25) is 0 Å². The minimum Gasteiger partial charge on any atom is -0.494 e. The van der Waals surface area contributed by atoms with Crippen LogP contribution >= 0.6 is 0 Å². The minimum atomic E-state index is -0.929. The van der Waals surface area contributed by atoms with Crippen molar-refractivity contribution < 1.29 is 19.1 Å². The lowest BCUT2D eigenvalue weighted by atomic mass is 10.1. The first-order valence-electron chi connectivity index (χ1n) is 7.53. The highest BCUT2D eigenvalue weighted by molar-refractivity contribution is 6.01. The topological polar surface area (TPSA) is 76.4 Å². The molecule has 24 heavy (non-hydrogen) atoms. The predicted molar refractivity (Wildman–Crippen MR) is 88.0 cm³/mol. The van der Waals surface area contributed by atoms with E-state index >= 15 is 0 Å². The molecule has 0 saturated heterocycles. The molecule has 0 aliphatic rings. The predicted octanol–water partition coefficient (Wildman–Crippen LogP) is 3.39. The standard InChI is InChI=1S/C19H17NO4/c1-3-23-17-9-7-15(8-10-17)18(21)13(2)24-19(22)16-6-4-5-14(11-16)12-20/h4-11,13H,3H2,1-2H3/t13-/m1/s1. The maximum Gasteiger partial charge on any atom is 0.338 e. The summed E-state index contributed by atoms with van der Waals surface area (Å²) in [6.07, 6.45) is -0.929. The Hall–Kier alpha value is -3.13. The van der Waals surface area contributed by atoms with Crippen molar-refractivity contribution in [2.24, 2.45) is 0 Å². The van der Waals surface area contributed by atoms with Crippen molar-refractivity contribution in [1.29, 1.82) is 5.26 Å². The van der Waals surface area contributed by atoms with Crippen molar-refractivity contribution >= 4 is 11.8 Å². The Balaban J connectivity index is 2.05. The van der Waals surface area contributed by atoms with E-state index < -0.39 is 12.1 Å². The van der Waals surface area contributed by atoms with E-state index in [1.165, 1.54) is 19.1 Å². The van der Waals surface area contributed by atoms with Gasteiger partial charge in [-0.15, -0.1) is 0 Å². The lowest BCUT2D eigenvalue weighted by Gasteiger charge is -2.13. The smallest absolute Gasteiger partial charge is 0.338 e. The van der Waals surface area contributed by atoms with E-state index in [-0.39, 0.29) is 11.3 Å². The molecule has 0 aliphatic carbocycles. The third kappa shape index (κ3) is 4.20. The molecule has 2 aromatic rings. The van der Waals surface area contributed by atoms with Crippen LogP contribution in [0.4, 0.5) is 0 Å². The zero-order valence-corrected chi connectivity index (χ0v) is 13.5. The molecule has 2 rings (SSSR count). The van der Waals surface area contributed by atoms with Crippen LogP contribution in [0.15, 0.2) is 48.5 Å². The number of Topliss-reactive ketones (excluding diaryl/α,β-unsaturated/α-hetero) is 1. The minimum absolute atomic E-state index is 0.236. The molecule has 1 atom stereocenters. The molecule has 0 fully saturated rings. The second-order valence-electron chi connectivity index (χ2n) is 5.06. The summed E-state index contributed by atoms with van der Waals surface area (Å²) in [6.45, 7) is 3.94. The Morgan fingerprint density at radius 2 is 1.83 bits per heavy atom. The van der Waals surface area contributed by atoms with Gasteiger partial charge in [-0.05, 0) is 56.3 Å². The number of hydrogen-bond acceptors (Lipinski definition) is 5. The largest absolute Gasteiger partial charge is 0.494 e. The van der Waals surface area contributed by atoms with Gasteiger partial charge in [0.1, 0.15) is 5.75 Å². The Morgan fingerprint density at radius 3 is 2.46 bits per heavy atom. The number of ketones is 1. The van der Waals surface area contributed by atoms with E-state index in [4.69, 9.17) is 14.7 Å². The van der Waals surface area contributed by atoms with Crippen molar-refractivity contribution in [2.45, 2.75) is 20.0 Å². The molecular formula is C19H17NO4. The number of carbonyl (C=O) groups excluding carboxylic acids is 2. The normalized spacial score (nSPS) is 11.2. The number of benzene rings is 2. The second-order valence-corrected chi connectivity index (χ2v) is 5.06. The molecule has 5 heteroatoms. The van der Waals surface area contributed by atoms with Gasteiger partial charge in [0, 0.05) is 5.56 Å². The van der Waals surface area contributed by atoms with Gasteiger partial charge >= 0.3 is 5.97 Å². The monoisotopic (exact) mass is 323 g/mol. The Morgan fingerprint density at radius 1 is 1.12 bits per heavy atom. The highest BCUT2D eigenvalue weighted by atomic mass is 16.5. The summed E-state index contributed by atoms with van der Waals surface area (Å²) in [5.41, 5.74) is 1.03. The van der Waals surface area contributed by atoms with Crippen LogP contribution in [0.3, 0.4) is 0 Å². The van der Waals surface area contributed by atoms with Crippen LogP contribution in [0.25, 0.3) is 0 Å².